The van der Waals surface area contributed by atoms with Crippen molar-refractivity contribution in [1.82, 2.24) is 0 Å². The normalized spacial score (nSPS) is 23.7. The minimum Gasteiger partial charge on any atom is -0.468 e. The summed E-state index contributed by atoms with van der Waals surface area (Å²) in [5, 5.41) is 8.92. The second-order valence-corrected chi connectivity index (χ2v) is 5.35. The van der Waals surface area contributed by atoms with E-state index in [1.54, 1.807) is 6.08 Å². The molecule has 5 heteroatoms. The summed E-state index contributed by atoms with van der Waals surface area (Å²) < 4.78 is 9.75. The number of esters is 2. The number of unbranched alkanes of at least 4 members (excludes halogenated alkanes) is 1. The summed E-state index contributed by atoms with van der Waals surface area (Å²) in [4.78, 5) is 24.7. The lowest BCUT2D eigenvalue weighted by molar-refractivity contribution is -0.172. The second-order valence-electron chi connectivity index (χ2n) is 5.35. The van der Waals surface area contributed by atoms with E-state index in [-0.39, 0.29) is 24.9 Å². The Labute approximate surface area is 125 Å². The van der Waals surface area contributed by atoms with Gasteiger partial charge in [0.1, 0.15) is 0 Å². The highest BCUT2D eigenvalue weighted by Crippen LogP contribution is 2.53. The van der Waals surface area contributed by atoms with Crippen molar-refractivity contribution in [3.8, 4) is 0 Å². The van der Waals surface area contributed by atoms with Crippen molar-refractivity contribution < 1.29 is 24.2 Å². The van der Waals surface area contributed by atoms with Gasteiger partial charge in [0, 0.05) is 12.5 Å². The van der Waals surface area contributed by atoms with Gasteiger partial charge in [-0.3, -0.25) is 9.59 Å². The van der Waals surface area contributed by atoms with Crippen LogP contribution in [0.5, 0.6) is 0 Å². The minimum atomic E-state index is -1.35. The first-order valence-electron chi connectivity index (χ1n) is 7.08. The lowest BCUT2D eigenvalue weighted by Crippen LogP contribution is -2.44. The average molecular weight is 296 g/mol. The molecule has 2 atom stereocenters. The van der Waals surface area contributed by atoms with Gasteiger partial charge in [0.25, 0.3) is 0 Å². The third-order valence-electron chi connectivity index (χ3n) is 4.35. The van der Waals surface area contributed by atoms with E-state index >= 15 is 0 Å². The number of aliphatic hydroxyl groups excluding tert-OH is 1. The van der Waals surface area contributed by atoms with Crippen LogP contribution in [-0.2, 0) is 19.1 Å². The summed E-state index contributed by atoms with van der Waals surface area (Å²) in [6.07, 6.45) is 3.86. The molecular weight excluding hydrogens is 272 g/mol. The smallest absolute Gasteiger partial charge is 0.323 e. The Kier molecular flexibility index (Phi) is 6.15. The monoisotopic (exact) mass is 296 g/mol. The van der Waals surface area contributed by atoms with E-state index < -0.39 is 17.4 Å². The van der Waals surface area contributed by atoms with Gasteiger partial charge in [-0.15, -0.1) is 6.58 Å². The SMILES string of the molecule is C=C[C@H]1CC(C(=O)OC)(C(=O)OC)[C@@H](CCCCO)C1=C. The van der Waals surface area contributed by atoms with Crippen molar-refractivity contribution in [2.45, 2.75) is 25.7 Å². The third-order valence-corrected chi connectivity index (χ3v) is 4.35. The molecule has 118 valence electrons. The highest BCUT2D eigenvalue weighted by atomic mass is 16.5. The maximum Gasteiger partial charge on any atom is 0.323 e. The van der Waals surface area contributed by atoms with Crippen LogP contribution in [-0.4, -0.2) is 37.9 Å². The van der Waals surface area contributed by atoms with E-state index in [9.17, 15) is 9.59 Å². The van der Waals surface area contributed by atoms with Gasteiger partial charge in [-0.05, 0) is 25.2 Å². The first kappa shape index (κ1) is 17.4. The predicted molar refractivity (Wildman–Crippen MR) is 78.3 cm³/mol. The molecular formula is C16H24O5. The number of carbonyl (C=O) groups is 2. The maximum absolute atomic E-state index is 12.3. The molecule has 1 saturated carbocycles. The number of ether oxygens (including phenoxy) is 2. The summed E-state index contributed by atoms with van der Waals surface area (Å²) in [5.41, 5.74) is -0.548. The first-order chi connectivity index (χ1) is 9.99. The molecule has 0 unspecified atom stereocenters. The van der Waals surface area contributed by atoms with Gasteiger partial charge in [-0.1, -0.05) is 24.6 Å². The van der Waals surface area contributed by atoms with Crippen molar-refractivity contribution in [2.75, 3.05) is 20.8 Å². The van der Waals surface area contributed by atoms with Crippen molar-refractivity contribution in [3.63, 3.8) is 0 Å². The fourth-order valence-electron chi connectivity index (χ4n) is 3.22. The van der Waals surface area contributed by atoms with Crippen molar-refractivity contribution in [3.05, 3.63) is 24.8 Å². The van der Waals surface area contributed by atoms with Gasteiger partial charge in [0.15, 0.2) is 5.41 Å². The Balaban J connectivity index is 3.20. The van der Waals surface area contributed by atoms with E-state index in [0.29, 0.717) is 19.3 Å². The molecule has 0 aromatic heterocycles. The van der Waals surface area contributed by atoms with Crippen LogP contribution in [0.15, 0.2) is 24.8 Å². The first-order valence-corrected chi connectivity index (χ1v) is 7.08. The molecule has 0 aromatic rings. The van der Waals surface area contributed by atoms with Crippen molar-refractivity contribution >= 4 is 11.9 Å². The Morgan fingerprint density at radius 2 is 1.90 bits per heavy atom. The lowest BCUT2D eigenvalue weighted by atomic mass is 9.74. The molecule has 1 aliphatic carbocycles. The highest BCUT2D eigenvalue weighted by Gasteiger charge is 2.60. The molecule has 1 aliphatic rings. The molecule has 0 heterocycles. The fourth-order valence-corrected chi connectivity index (χ4v) is 3.22. The molecule has 0 aromatic carbocycles. The van der Waals surface area contributed by atoms with Crippen molar-refractivity contribution in [2.24, 2.45) is 17.3 Å². The maximum atomic E-state index is 12.3. The largest absolute Gasteiger partial charge is 0.468 e. The number of allylic oxidation sites excluding steroid dienone is 2. The topological polar surface area (TPSA) is 72.8 Å². The van der Waals surface area contributed by atoms with Crippen LogP contribution < -0.4 is 0 Å². The number of hydrogen-bond acceptors (Lipinski definition) is 5. The minimum absolute atomic E-state index is 0.0769. The van der Waals surface area contributed by atoms with Crippen LogP contribution in [0.4, 0.5) is 0 Å². The summed E-state index contributed by atoms with van der Waals surface area (Å²) in [6.45, 7) is 7.88. The van der Waals surface area contributed by atoms with Crippen LogP contribution >= 0.6 is 0 Å². The van der Waals surface area contributed by atoms with Crippen LogP contribution in [0.3, 0.4) is 0 Å². The molecule has 0 saturated heterocycles. The molecule has 5 nitrogen and oxygen atoms in total. The Bertz CT molecular complexity index is 410. The standard InChI is InChI=1S/C16H24O5/c1-5-12-10-16(14(18)20-3,15(19)21-4)13(11(12)2)8-6-7-9-17/h5,12-13,17H,1-2,6-10H2,3-4H3/t12-,13-/m0/s1. The van der Waals surface area contributed by atoms with Gasteiger partial charge < -0.3 is 14.6 Å². The van der Waals surface area contributed by atoms with E-state index in [0.717, 1.165) is 5.57 Å². The van der Waals surface area contributed by atoms with Gasteiger partial charge in [0.05, 0.1) is 14.2 Å². The number of methoxy groups -OCH3 is 2. The van der Waals surface area contributed by atoms with Crippen LogP contribution in [0, 0.1) is 17.3 Å². The zero-order valence-electron chi connectivity index (χ0n) is 12.8. The summed E-state index contributed by atoms with van der Waals surface area (Å²) in [7, 11) is 2.53. The van der Waals surface area contributed by atoms with Crippen LogP contribution in [0.2, 0.25) is 0 Å². The van der Waals surface area contributed by atoms with Gasteiger partial charge >= 0.3 is 11.9 Å². The molecule has 0 aliphatic heterocycles. The van der Waals surface area contributed by atoms with E-state index in [1.807, 2.05) is 0 Å². The summed E-state index contributed by atoms with van der Waals surface area (Å²) in [5.74, 6) is -1.66. The Morgan fingerprint density at radius 1 is 1.33 bits per heavy atom. The third kappa shape index (κ3) is 3.02. The zero-order valence-corrected chi connectivity index (χ0v) is 12.8. The summed E-state index contributed by atoms with van der Waals surface area (Å²) in [6, 6.07) is 0. The zero-order chi connectivity index (χ0) is 16.0. The van der Waals surface area contributed by atoms with Gasteiger partial charge in [-0.2, -0.15) is 0 Å². The van der Waals surface area contributed by atoms with Crippen LogP contribution in [0.1, 0.15) is 25.7 Å². The quantitative estimate of drug-likeness (QED) is 0.336. The highest BCUT2D eigenvalue weighted by molar-refractivity contribution is 6.01. The molecule has 0 bridgehead atoms. The van der Waals surface area contributed by atoms with E-state index in [2.05, 4.69) is 13.2 Å². The molecule has 0 radical (unpaired) electrons. The van der Waals surface area contributed by atoms with E-state index in [4.69, 9.17) is 14.6 Å². The number of rotatable bonds is 7. The fraction of sp³-hybridized carbons (Fsp3) is 0.625. The molecule has 21 heavy (non-hydrogen) atoms. The molecule has 1 rings (SSSR count). The lowest BCUT2D eigenvalue weighted by Gasteiger charge is -2.30. The number of carbonyl (C=O) groups excluding carboxylic acids is 2. The Hall–Kier alpha value is -1.62. The number of aliphatic hydroxyl groups is 1. The average Bonchev–Trinajstić information content (AvgIpc) is 2.79. The second kappa shape index (κ2) is 7.41. The molecule has 1 fully saturated rings. The van der Waals surface area contributed by atoms with Gasteiger partial charge in [0.2, 0.25) is 0 Å². The number of hydrogen-bond donors (Lipinski definition) is 1. The summed E-state index contributed by atoms with van der Waals surface area (Å²) >= 11 is 0. The van der Waals surface area contributed by atoms with E-state index in [1.165, 1.54) is 14.2 Å². The van der Waals surface area contributed by atoms with Crippen molar-refractivity contribution in [1.29, 1.82) is 0 Å². The molecule has 0 spiro atoms. The predicted octanol–water partition coefficient (Wildman–Crippen LogP) is 1.86. The Morgan fingerprint density at radius 3 is 2.33 bits per heavy atom. The molecule has 1 N–H and O–H groups in total. The van der Waals surface area contributed by atoms with Crippen LogP contribution in [0.25, 0.3) is 0 Å². The van der Waals surface area contributed by atoms with Gasteiger partial charge in [-0.25, -0.2) is 0 Å². The molecule has 0 amide bonds.